The summed E-state index contributed by atoms with van der Waals surface area (Å²) >= 11 is 0. The van der Waals surface area contributed by atoms with Crippen molar-refractivity contribution in [1.29, 1.82) is 0 Å². The first-order valence-corrected chi connectivity index (χ1v) is 7.94. The molecule has 0 fully saturated rings. The summed E-state index contributed by atoms with van der Waals surface area (Å²) in [5.41, 5.74) is 0.465. The van der Waals surface area contributed by atoms with E-state index >= 15 is 0 Å². The summed E-state index contributed by atoms with van der Waals surface area (Å²) < 4.78 is 9.97. The molecule has 23 heavy (non-hydrogen) atoms. The lowest BCUT2D eigenvalue weighted by atomic mass is 10.1. The highest BCUT2D eigenvalue weighted by atomic mass is 16.6. The van der Waals surface area contributed by atoms with E-state index in [1.807, 2.05) is 0 Å². The average Bonchev–Trinajstić information content (AvgIpc) is 2.50. The third-order valence-corrected chi connectivity index (χ3v) is 3.00. The summed E-state index contributed by atoms with van der Waals surface area (Å²) in [6, 6.07) is 0. The largest absolute Gasteiger partial charge is 0.462 e. The van der Waals surface area contributed by atoms with Crippen molar-refractivity contribution in [3.8, 4) is 0 Å². The van der Waals surface area contributed by atoms with E-state index < -0.39 is 5.97 Å². The average molecular weight is 324 g/mol. The molecule has 0 spiro atoms. The summed E-state index contributed by atoms with van der Waals surface area (Å²) in [4.78, 5) is 23.0. The first kappa shape index (κ1) is 21.1. The lowest BCUT2D eigenvalue weighted by molar-refractivity contribution is -0.150. The normalized spacial score (nSPS) is 12.9. The van der Waals surface area contributed by atoms with Crippen molar-refractivity contribution >= 4 is 11.9 Å². The fraction of sp³-hybridized carbons (Fsp3) is 0.556. The van der Waals surface area contributed by atoms with Crippen LogP contribution >= 0.6 is 0 Å². The van der Waals surface area contributed by atoms with E-state index in [-0.39, 0.29) is 25.3 Å². The smallest absolute Gasteiger partial charge is 0.333 e. The third-order valence-electron chi connectivity index (χ3n) is 3.00. The minimum atomic E-state index is -0.437. The molecule has 1 N–H and O–H groups in total. The number of aliphatic hydroxyl groups is 1. The van der Waals surface area contributed by atoms with Crippen molar-refractivity contribution < 1.29 is 24.2 Å². The summed E-state index contributed by atoms with van der Waals surface area (Å²) in [6.45, 7) is 7.03. The molecule has 0 heterocycles. The van der Waals surface area contributed by atoms with Gasteiger partial charge in [0.05, 0.1) is 6.10 Å². The number of hydrogen-bond acceptors (Lipinski definition) is 5. The maximum Gasteiger partial charge on any atom is 0.333 e. The lowest BCUT2D eigenvalue weighted by Crippen LogP contribution is -2.14. The van der Waals surface area contributed by atoms with E-state index in [1.54, 1.807) is 38.2 Å². The fourth-order valence-corrected chi connectivity index (χ4v) is 1.71. The van der Waals surface area contributed by atoms with E-state index in [0.29, 0.717) is 12.0 Å². The molecular formula is C18H28O5. The van der Waals surface area contributed by atoms with Gasteiger partial charge in [-0.15, -0.1) is 0 Å². The summed E-state index contributed by atoms with van der Waals surface area (Å²) in [5.74, 6) is -0.729. The first-order valence-electron chi connectivity index (χ1n) is 7.94. The highest BCUT2D eigenvalue weighted by molar-refractivity contribution is 5.88. The Bertz CT molecular complexity index is 421. The molecular weight excluding hydrogens is 296 g/mol. The number of esters is 2. The molecule has 0 aromatic carbocycles. The third kappa shape index (κ3) is 13.5. The molecule has 0 aromatic rings. The molecule has 0 rings (SSSR count). The van der Waals surface area contributed by atoms with Crippen molar-refractivity contribution in [2.24, 2.45) is 0 Å². The number of ether oxygens (including phenoxy) is 2. The zero-order valence-electron chi connectivity index (χ0n) is 14.1. The monoisotopic (exact) mass is 324 g/mol. The molecule has 1 unspecified atom stereocenters. The molecule has 0 aliphatic rings. The van der Waals surface area contributed by atoms with Crippen molar-refractivity contribution in [3.05, 3.63) is 36.5 Å². The highest BCUT2D eigenvalue weighted by Crippen LogP contribution is 2.06. The van der Waals surface area contributed by atoms with Gasteiger partial charge in [-0.1, -0.05) is 43.7 Å². The van der Waals surface area contributed by atoms with Crippen molar-refractivity contribution in [2.75, 3.05) is 13.2 Å². The number of rotatable bonds is 12. The van der Waals surface area contributed by atoms with Gasteiger partial charge >= 0.3 is 11.9 Å². The number of carbonyl (C=O) groups excluding carboxylic acids is 2. The van der Waals surface area contributed by atoms with Crippen molar-refractivity contribution in [2.45, 2.75) is 52.1 Å². The van der Waals surface area contributed by atoms with Gasteiger partial charge in [0.1, 0.15) is 13.2 Å². The molecule has 1 atom stereocenters. The molecule has 0 aromatic heterocycles. The van der Waals surface area contributed by atoms with Crippen LogP contribution in [0.4, 0.5) is 0 Å². The molecule has 130 valence electrons. The molecule has 0 radical (unpaired) electrons. The van der Waals surface area contributed by atoms with Crippen LogP contribution in [-0.2, 0) is 19.1 Å². The number of unbranched alkanes of at least 4 members (excludes halogenated alkanes) is 2. The molecule has 0 aliphatic heterocycles. The van der Waals surface area contributed by atoms with Crippen LogP contribution in [0.2, 0.25) is 0 Å². The Morgan fingerprint density at radius 3 is 2.48 bits per heavy atom. The number of aliphatic hydroxyl groups excluding tert-OH is 1. The van der Waals surface area contributed by atoms with E-state index in [4.69, 9.17) is 14.6 Å². The highest BCUT2D eigenvalue weighted by Gasteiger charge is 2.06. The maximum atomic E-state index is 11.6. The standard InChI is InChI=1S/C18H28O5/c1-4-5-7-10-15(2)18(21)23-14-13-22-17(20)12-9-6-8-11-16(3)19/h4-5,7,10,16,19H,1,6,8-9,11-14H2,2-3H3/b7-5+,15-10+. The lowest BCUT2D eigenvalue weighted by Gasteiger charge is -2.07. The molecule has 0 saturated heterocycles. The Kier molecular flexibility index (Phi) is 12.6. The Balaban J connectivity index is 3.68. The van der Waals surface area contributed by atoms with E-state index in [0.717, 1.165) is 25.7 Å². The van der Waals surface area contributed by atoms with Crippen LogP contribution in [0.5, 0.6) is 0 Å². The second-order valence-corrected chi connectivity index (χ2v) is 5.28. The van der Waals surface area contributed by atoms with Gasteiger partial charge in [-0.2, -0.15) is 0 Å². The van der Waals surface area contributed by atoms with E-state index in [9.17, 15) is 9.59 Å². The molecule has 5 nitrogen and oxygen atoms in total. The van der Waals surface area contributed by atoms with Gasteiger partial charge < -0.3 is 14.6 Å². The molecule has 0 amide bonds. The fourth-order valence-electron chi connectivity index (χ4n) is 1.71. The van der Waals surface area contributed by atoms with Gasteiger partial charge in [-0.25, -0.2) is 4.79 Å². The number of carbonyl (C=O) groups is 2. The van der Waals surface area contributed by atoms with E-state index in [1.165, 1.54) is 0 Å². The predicted molar refractivity (Wildman–Crippen MR) is 89.8 cm³/mol. The molecule has 0 aliphatic carbocycles. The van der Waals surface area contributed by atoms with Crippen LogP contribution in [0.3, 0.4) is 0 Å². The molecule has 5 heteroatoms. The Morgan fingerprint density at radius 2 is 1.83 bits per heavy atom. The first-order chi connectivity index (χ1) is 11.0. The molecule has 0 bridgehead atoms. The summed E-state index contributed by atoms with van der Waals surface area (Å²) in [5, 5.41) is 9.10. The van der Waals surface area contributed by atoms with Gasteiger partial charge in [-0.3, -0.25) is 4.79 Å². The number of allylic oxidation sites excluding steroid dienone is 4. The van der Waals surface area contributed by atoms with Gasteiger partial charge in [-0.05, 0) is 26.7 Å². The second-order valence-electron chi connectivity index (χ2n) is 5.28. The molecule has 0 saturated carbocycles. The zero-order chi connectivity index (χ0) is 17.5. The van der Waals surface area contributed by atoms with E-state index in [2.05, 4.69) is 6.58 Å². The van der Waals surface area contributed by atoms with Crippen molar-refractivity contribution in [3.63, 3.8) is 0 Å². The summed E-state index contributed by atoms with van der Waals surface area (Å²) in [6.07, 6.45) is 9.97. The topological polar surface area (TPSA) is 72.8 Å². The minimum Gasteiger partial charge on any atom is -0.462 e. The number of hydrogen-bond donors (Lipinski definition) is 1. The van der Waals surface area contributed by atoms with Crippen molar-refractivity contribution in [1.82, 2.24) is 0 Å². The second kappa shape index (κ2) is 13.8. The quantitative estimate of drug-likeness (QED) is 0.258. The van der Waals surface area contributed by atoms with Crippen LogP contribution in [0, 0.1) is 0 Å². The van der Waals surface area contributed by atoms with Crippen LogP contribution < -0.4 is 0 Å². The summed E-state index contributed by atoms with van der Waals surface area (Å²) in [7, 11) is 0. The predicted octanol–water partition coefficient (Wildman–Crippen LogP) is 3.09. The Labute approximate surface area is 138 Å². The SMILES string of the molecule is C=C/C=C/C=C(\C)C(=O)OCCOC(=O)CCCCCC(C)O. The van der Waals surface area contributed by atoms with Gasteiger partial charge in [0.15, 0.2) is 0 Å². The van der Waals surface area contributed by atoms with Crippen LogP contribution in [0.25, 0.3) is 0 Å². The van der Waals surface area contributed by atoms with Gasteiger partial charge in [0.25, 0.3) is 0 Å². The van der Waals surface area contributed by atoms with Crippen LogP contribution in [-0.4, -0.2) is 36.4 Å². The Morgan fingerprint density at radius 1 is 1.13 bits per heavy atom. The zero-order valence-corrected chi connectivity index (χ0v) is 14.1. The van der Waals surface area contributed by atoms with Gasteiger partial charge in [0.2, 0.25) is 0 Å². The van der Waals surface area contributed by atoms with Crippen LogP contribution in [0.1, 0.15) is 46.0 Å². The van der Waals surface area contributed by atoms with Crippen LogP contribution in [0.15, 0.2) is 36.5 Å². The minimum absolute atomic E-state index is 0.0446. The maximum absolute atomic E-state index is 11.6. The van der Waals surface area contributed by atoms with Gasteiger partial charge in [0, 0.05) is 12.0 Å². The Hall–Kier alpha value is -1.88.